The molecule has 0 atom stereocenters. The van der Waals surface area contributed by atoms with Crippen LogP contribution in [0.2, 0.25) is 0 Å². The average Bonchev–Trinajstić information content (AvgIpc) is 3.07. The highest BCUT2D eigenvalue weighted by Gasteiger charge is 2.11. The van der Waals surface area contributed by atoms with E-state index in [4.69, 9.17) is 10.7 Å². The topological polar surface area (TPSA) is 111 Å². The Kier molecular flexibility index (Phi) is 5.05. The Morgan fingerprint density at radius 2 is 1.90 bits per heavy atom. The molecule has 4 aromatic rings. The zero-order valence-corrected chi connectivity index (χ0v) is 16.7. The highest BCUT2D eigenvalue weighted by atomic mass is 32.2. The van der Waals surface area contributed by atoms with Gasteiger partial charge >= 0.3 is 0 Å². The molecule has 8 nitrogen and oxygen atoms in total. The Hall–Kier alpha value is -3.59. The van der Waals surface area contributed by atoms with Crippen LogP contribution >= 0.6 is 11.8 Å². The third kappa shape index (κ3) is 4.30. The van der Waals surface area contributed by atoms with E-state index >= 15 is 0 Å². The molecular formula is C20H19N7OS. The molecule has 9 heteroatoms. The second-order valence-electron chi connectivity index (χ2n) is 6.40. The molecule has 0 saturated carbocycles. The van der Waals surface area contributed by atoms with Crippen molar-refractivity contribution in [3.05, 3.63) is 54.7 Å². The first-order chi connectivity index (χ1) is 14.0. The first-order valence-electron chi connectivity index (χ1n) is 8.86. The largest absolute Gasteiger partial charge is 0.399 e. The number of nitrogens with zero attached hydrogens (tertiary/aromatic N) is 4. The third-order valence-corrected chi connectivity index (χ3v) is 5.02. The van der Waals surface area contributed by atoms with Crippen molar-refractivity contribution in [2.45, 2.75) is 17.0 Å². The van der Waals surface area contributed by atoms with Crippen LogP contribution in [0.4, 0.5) is 23.0 Å². The predicted molar refractivity (Wildman–Crippen MR) is 115 cm³/mol. The van der Waals surface area contributed by atoms with Crippen LogP contribution in [0.25, 0.3) is 10.9 Å². The lowest BCUT2D eigenvalue weighted by Gasteiger charge is -2.11. The second kappa shape index (κ2) is 7.80. The zero-order chi connectivity index (χ0) is 20.4. The number of hydrogen-bond donors (Lipinski definition) is 3. The number of amides is 1. The zero-order valence-electron chi connectivity index (χ0n) is 15.9. The Morgan fingerprint density at radius 1 is 1.10 bits per heavy atom. The molecule has 4 N–H and O–H groups in total. The van der Waals surface area contributed by atoms with E-state index in [1.807, 2.05) is 55.6 Å². The summed E-state index contributed by atoms with van der Waals surface area (Å²) in [5.74, 6) is 1.39. The smallest absolute Gasteiger partial charge is 0.221 e. The predicted octanol–water partition coefficient (Wildman–Crippen LogP) is 3.80. The maximum atomic E-state index is 11.2. The summed E-state index contributed by atoms with van der Waals surface area (Å²) >= 11 is 1.43. The maximum Gasteiger partial charge on any atom is 0.221 e. The molecule has 0 aliphatic rings. The lowest BCUT2D eigenvalue weighted by molar-refractivity contribution is -0.114. The molecule has 2 heterocycles. The normalized spacial score (nSPS) is 10.8. The van der Waals surface area contributed by atoms with Crippen LogP contribution in [0.1, 0.15) is 6.92 Å². The van der Waals surface area contributed by atoms with Gasteiger partial charge in [-0.05, 0) is 54.2 Å². The molecule has 2 aromatic heterocycles. The van der Waals surface area contributed by atoms with E-state index in [2.05, 4.69) is 20.7 Å². The molecule has 0 fully saturated rings. The summed E-state index contributed by atoms with van der Waals surface area (Å²) in [5, 5.41) is 11.7. The summed E-state index contributed by atoms with van der Waals surface area (Å²) in [6.07, 6.45) is 1.72. The molecule has 29 heavy (non-hydrogen) atoms. The molecule has 1 amide bonds. The number of nitrogen functional groups attached to an aromatic ring is 1. The molecule has 0 aliphatic heterocycles. The standard InChI is InChI=1S/C20H19N7OS/c1-12(28)23-14-4-6-15(7-5-14)29-20-24-17-11-13(21)3-8-16(17)19(26-20)25-18-9-10-22-27(18)2/h3-11H,21H2,1-2H3,(H,23,28)(H,24,25,26). The van der Waals surface area contributed by atoms with Crippen molar-refractivity contribution in [2.24, 2.45) is 7.05 Å². The van der Waals surface area contributed by atoms with Crippen molar-refractivity contribution in [1.29, 1.82) is 0 Å². The minimum Gasteiger partial charge on any atom is -0.399 e. The number of hydrogen-bond acceptors (Lipinski definition) is 7. The summed E-state index contributed by atoms with van der Waals surface area (Å²) in [6.45, 7) is 1.48. The van der Waals surface area contributed by atoms with Crippen molar-refractivity contribution in [2.75, 3.05) is 16.4 Å². The number of anilines is 4. The van der Waals surface area contributed by atoms with E-state index in [1.165, 1.54) is 18.7 Å². The van der Waals surface area contributed by atoms with Crippen LogP contribution < -0.4 is 16.4 Å². The summed E-state index contributed by atoms with van der Waals surface area (Å²) in [6, 6.07) is 14.9. The fraction of sp³-hybridized carbons (Fsp3) is 0.100. The number of benzene rings is 2. The lowest BCUT2D eigenvalue weighted by Crippen LogP contribution is -2.05. The van der Waals surface area contributed by atoms with E-state index in [-0.39, 0.29) is 5.91 Å². The van der Waals surface area contributed by atoms with Gasteiger partial charge in [-0.2, -0.15) is 5.10 Å². The van der Waals surface area contributed by atoms with E-state index in [9.17, 15) is 4.79 Å². The number of carbonyl (C=O) groups is 1. The minimum absolute atomic E-state index is 0.105. The van der Waals surface area contributed by atoms with E-state index in [0.29, 0.717) is 16.7 Å². The summed E-state index contributed by atoms with van der Waals surface area (Å²) in [4.78, 5) is 21.5. The van der Waals surface area contributed by atoms with Crippen molar-refractivity contribution >= 4 is 51.6 Å². The van der Waals surface area contributed by atoms with Gasteiger partial charge in [-0.15, -0.1) is 0 Å². The monoisotopic (exact) mass is 405 g/mol. The highest BCUT2D eigenvalue weighted by Crippen LogP contribution is 2.31. The van der Waals surface area contributed by atoms with Crippen LogP contribution in [-0.2, 0) is 11.8 Å². The Labute approximate surface area is 171 Å². The molecule has 4 rings (SSSR count). The number of nitrogens with one attached hydrogen (secondary N) is 2. The van der Waals surface area contributed by atoms with Gasteiger partial charge in [0.25, 0.3) is 0 Å². The number of carbonyl (C=O) groups excluding carboxylic acids is 1. The first kappa shape index (κ1) is 18.8. The average molecular weight is 405 g/mol. The Balaban J connectivity index is 1.68. The molecule has 0 radical (unpaired) electrons. The van der Waals surface area contributed by atoms with Crippen LogP contribution in [0, 0.1) is 0 Å². The SMILES string of the molecule is CC(=O)Nc1ccc(Sc2nc(Nc3ccnn3C)c3ccc(N)cc3n2)cc1. The minimum atomic E-state index is -0.105. The summed E-state index contributed by atoms with van der Waals surface area (Å²) in [7, 11) is 1.86. The van der Waals surface area contributed by atoms with Crippen molar-refractivity contribution in [1.82, 2.24) is 19.7 Å². The lowest BCUT2D eigenvalue weighted by atomic mass is 10.2. The number of aryl methyl sites for hydroxylation is 1. The second-order valence-corrected chi connectivity index (χ2v) is 7.44. The van der Waals surface area contributed by atoms with Gasteiger partial charge < -0.3 is 16.4 Å². The fourth-order valence-electron chi connectivity index (χ4n) is 2.80. The molecule has 2 aromatic carbocycles. The van der Waals surface area contributed by atoms with Crippen molar-refractivity contribution < 1.29 is 4.79 Å². The molecule has 0 bridgehead atoms. The van der Waals surface area contributed by atoms with Crippen LogP contribution in [0.3, 0.4) is 0 Å². The van der Waals surface area contributed by atoms with Gasteiger partial charge in [0.2, 0.25) is 5.91 Å². The van der Waals surface area contributed by atoms with E-state index < -0.39 is 0 Å². The highest BCUT2D eigenvalue weighted by molar-refractivity contribution is 7.99. The summed E-state index contributed by atoms with van der Waals surface area (Å²) in [5.41, 5.74) is 8.09. The van der Waals surface area contributed by atoms with Crippen molar-refractivity contribution in [3.8, 4) is 0 Å². The molecule has 0 spiro atoms. The van der Waals surface area contributed by atoms with Gasteiger partial charge in [-0.25, -0.2) is 9.97 Å². The van der Waals surface area contributed by atoms with Crippen LogP contribution in [0.5, 0.6) is 0 Å². The van der Waals surface area contributed by atoms with Gasteiger partial charge in [0.05, 0.1) is 11.7 Å². The van der Waals surface area contributed by atoms with Gasteiger partial charge in [-0.1, -0.05) is 0 Å². The third-order valence-electron chi connectivity index (χ3n) is 4.15. The van der Waals surface area contributed by atoms with Gasteiger partial charge in [0, 0.05) is 41.7 Å². The summed E-state index contributed by atoms with van der Waals surface area (Å²) < 4.78 is 1.73. The number of rotatable bonds is 5. The molecule has 0 saturated heterocycles. The quantitative estimate of drug-likeness (QED) is 0.342. The maximum absolute atomic E-state index is 11.2. The fourth-order valence-corrected chi connectivity index (χ4v) is 3.56. The Bertz CT molecular complexity index is 1190. The van der Waals surface area contributed by atoms with Gasteiger partial charge in [0.1, 0.15) is 11.6 Å². The van der Waals surface area contributed by atoms with Gasteiger partial charge in [-0.3, -0.25) is 9.48 Å². The van der Waals surface area contributed by atoms with Crippen molar-refractivity contribution in [3.63, 3.8) is 0 Å². The van der Waals surface area contributed by atoms with Crippen LogP contribution in [-0.4, -0.2) is 25.7 Å². The number of aromatic nitrogens is 4. The molecule has 0 unspecified atom stereocenters. The number of fused-ring (bicyclic) bond motifs is 1. The Morgan fingerprint density at radius 3 is 2.59 bits per heavy atom. The first-order valence-corrected chi connectivity index (χ1v) is 9.67. The molecule has 0 aliphatic carbocycles. The number of nitrogens with two attached hydrogens (primary N) is 1. The van der Waals surface area contributed by atoms with Crippen LogP contribution in [0.15, 0.2) is 64.8 Å². The van der Waals surface area contributed by atoms with E-state index in [0.717, 1.165) is 27.3 Å². The molecule has 146 valence electrons. The van der Waals surface area contributed by atoms with Gasteiger partial charge in [0.15, 0.2) is 5.16 Å². The molecular weight excluding hydrogens is 386 g/mol. The van der Waals surface area contributed by atoms with E-state index in [1.54, 1.807) is 10.9 Å².